The van der Waals surface area contributed by atoms with Crippen LogP contribution in [-0.2, 0) is 4.79 Å². The molecule has 0 saturated heterocycles. The lowest BCUT2D eigenvalue weighted by Gasteiger charge is -2.39. The molecule has 0 aliphatic heterocycles. The van der Waals surface area contributed by atoms with E-state index < -0.39 is 8.07 Å². The van der Waals surface area contributed by atoms with Gasteiger partial charge in [-0.2, -0.15) is 0 Å². The summed E-state index contributed by atoms with van der Waals surface area (Å²) in [4.78, 5) is 13.3. The zero-order chi connectivity index (χ0) is 18.1. The zero-order valence-corrected chi connectivity index (χ0v) is 17.7. The molecule has 1 aromatic carbocycles. The summed E-state index contributed by atoms with van der Waals surface area (Å²) in [6.07, 6.45) is 13.6. The van der Waals surface area contributed by atoms with Crippen LogP contribution >= 0.6 is 0 Å². The van der Waals surface area contributed by atoms with E-state index in [4.69, 9.17) is 0 Å². The minimum Gasteiger partial charge on any atom is -0.300 e. The number of hydrogen-bond donors (Lipinski definition) is 0. The van der Waals surface area contributed by atoms with Gasteiger partial charge in [0.15, 0.2) is 0 Å². The lowest BCUT2D eigenvalue weighted by Crippen LogP contribution is -2.51. The molecule has 1 aliphatic carbocycles. The lowest BCUT2D eigenvalue weighted by atomic mass is 9.84. The number of carbonyl (C=O) groups excluding carboxylic acids is 1. The van der Waals surface area contributed by atoms with Crippen molar-refractivity contribution in [3.63, 3.8) is 0 Å². The summed E-state index contributed by atoms with van der Waals surface area (Å²) < 4.78 is 0. The number of ketones is 1. The first kappa shape index (κ1) is 20.4. The van der Waals surface area contributed by atoms with E-state index in [2.05, 4.69) is 50.3 Å². The summed E-state index contributed by atoms with van der Waals surface area (Å²) in [5.74, 6) is 1.22. The number of hydrogen-bond acceptors (Lipinski definition) is 1. The number of Topliss-reactive ketones (excluding diaryl/α,β-unsaturated/α-hetero) is 1. The van der Waals surface area contributed by atoms with Crippen LogP contribution in [0.15, 0.2) is 30.3 Å². The molecular formula is C23H38OSi. The molecule has 0 heterocycles. The molecule has 0 amide bonds. The maximum absolute atomic E-state index is 13.3. The molecule has 0 spiro atoms. The first-order chi connectivity index (χ1) is 12.1. The first-order valence-electron chi connectivity index (χ1n) is 10.7. The monoisotopic (exact) mass is 358 g/mol. The highest BCUT2D eigenvalue weighted by Crippen LogP contribution is 2.41. The molecule has 1 unspecified atom stereocenters. The molecule has 25 heavy (non-hydrogen) atoms. The summed E-state index contributed by atoms with van der Waals surface area (Å²) >= 11 is 0. The van der Waals surface area contributed by atoms with Crippen molar-refractivity contribution in [2.75, 3.05) is 0 Å². The Balaban J connectivity index is 2.10. The number of carbonyl (C=O) groups is 1. The van der Waals surface area contributed by atoms with Gasteiger partial charge in [-0.25, -0.2) is 0 Å². The molecule has 0 radical (unpaired) electrons. The van der Waals surface area contributed by atoms with E-state index in [-0.39, 0.29) is 0 Å². The van der Waals surface area contributed by atoms with Crippen molar-refractivity contribution in [3.05, 3.63) is 30.3 Å². The van der Waals surface area contributed by atoms with E-state index in [0.717, 1.165) is 12.8 Å². The van der Waals surface area contributed by atoms with Crippen molar-refractivity contribution in [2.45, 2.75) is 96.2 Å². The van der Waals surface area contributed by atoms with E-state index in [1.807, 2.05) is 0 Å². The molecule has 1 atom stereocenters. The highest BCUT2D eigenvalue weighted by molar-refractivity contribution is 6.93. The van der Waals surface area contributed by atoms with Crippen molar-refractivity contribution >= 4 is 19.0 Å². The summed E-state index contributed by atoms with van der Waals surface area (Å²) in [5, 5.41) is 1.46. The van der Waals surface area contributed by atoms with Crippen LogP contribution in [0.1, 0.15) is 77.6 Å². The quantitative estimate of drug-likeness (QED) is 0.345. The summed E-state index contributed by atoms with van der Waals surface area (Å²) in [5.41, 5.74) is 0.321. The third kappa shape index (κ3) is 5.81. The van der Waals surface area contributed by atoms with Gasteiger partial charge in [0, 0.05) is 12.0 Å². The Morgan fingerprint density at radius 1 is 1.00 bits per heavy atom. The number of unbranched alkanes of at least 4 members (excludes halogenated alkanes) is 4. The van der Waals surface area contributed by atoms with Crippen LogP contribution < -0.4 is 5.19 Å². The Labute approximate surface area is 156 Å². The molecule has 1 fully saturated rings. The molecule has 1 saturated carbocycles. The van der Waals surface area contributed by atoms with Gasteiger partial charge in [0.25, 0.3) is 0 Å². The normalized spacial score (nSPS) is 17.4. The average Bonchev–Trinajstić information content (AvgIpc) is 2.63. The van der Waals surface area contributed by atoms with Crippen molar-refractivity contribution in [2.24, 2.45) is 5.92 Å². The van der Waals surface area contributed by atoms with Gasteiger partial charge in [-0.3, -0.25) is 4.79 Å². The fourth-order valence-electron chi connectivity index (χ4n) is 4.83. The number of rotatable bonds is 10. The smallest absolute Gasteiger partial charge is 0.133 e. The summed E-state index contributed by atoms with van der Waals surface area (Å²) in [6, 6.07) is 10.9. The van der Waals surface area contributed by atoms with Gasteiger partial charge in [0.1, 0.15) is 5.78 Å². The van der Waals surface area contributed by atoms with E-state index in [0.29, 0.717) is 17.2 Å². The molecule has 1 nitrogen and oxygen atoms in total. The van der Waals surface area contributed by atoms with Crippen molar-refractivity contribution < 1.29 is 4.79 Å². The van der Waals surface area contributed by atoms with E-state index >= 15 is 0 Å². The maximum Gasteiger partial charge on any atom is 0.133 e. The maximum atomic E-state index is 13.3. The molecule has 2 rings (SSSR count). The zero-order valence-electron chi connectivity index (χ0n) is 16.7. The fourth-order valence-corrected chi connectivity index (χ4v) is 8.70. The van der Waals surface area contributed by atoms with Gasteiger partial charge in [-0.05, 0) is 12.3 Å². The number of benzene rings is 1. The van der Waals surface area contributed by atoms with E-state index in [1.54, 1.807) is 0 Å². The van der Waals surface area contributed by atoms with Crippen molar-refractivity contribution in [3.8, 4) is 0 Å². The fraction of sp³-hybridized carbons (Fsp3) is 0.696. The molecular weight excluding hydrogens is 320 g/mol. The third-order valence-electron chi connectivity index (χ3n) is 6.29. The lowest BCUT2D eigenvalue weighted by molar-refractivity contribution is -0.120. The third-order valence-corrected chi connectivity index (χ3v) is 10.5. The van der Waals surface area contributed by atoms with E-state index in [9.17, 15) is 4.79 Å². The molecule has 1 aliphatic rings. The minimum absolute atomic E-state index is 0.321. The molecule has 2 heteroatoms. The SMILES string of the molecule is CCCCCCCC(=O)C(C1CCCCC1)[Si](C)(C)c1ccccc1. The van der Waals surface area contributed by atoms with Gasteiger partial charge >= 0.3 is 0 Å². The van der Waals surface area contributed by atoms with Crippen molar-refractivity contribution in [1.82, 2.24) is 0 Å². The minimum atomic E-state index is -1.78. The topological polar surface area (TPSA) is 17.1 Å². The molecule has 0 N–H and O–H groups in total. The Kier molecular flexibility index (Phi) is 8.42. The van der Waals surface area contributed by atoms with Crippen molar-refractivity contribution in [1.29, 1.82) is 0 Å². The van der Waals surface area contributed by atoms with Gasteiger partial charge in [-0.15, -0.1) is 0 Å². The van der Waals surface area contributed by atoms with Gasteiger partial charge in [0.2, 0.25) is 0 Å². The van der Waals surface area contributed by atoms with Gasteiger partial charge in [0.05, 0.1) is 8.07 Å². The average molecular weight is 359 g/mol. The van der Waals surface area contributed by atoms with Crippen LogP contribution in [0, 0.1) is 5.92 Å². The predicted octanol–water partition coefficient (Wildman–Crippen LogP) is 6.48. The van der Waals surface area contributed by atoms with Crippen LogP contribution in [0.4, 0.5) is 0 Å². The van der Waals surface area contributed by atoms with Crippen LogP contribution in [0.5, 0.6) is 0 Å². The highest BCUT2D eigenvalue weighted by Gasteiger charge is 2.42. The van der Waals surface area contributed by atoms with Crippen LogP contribution in [0.25, 0.3) is 0 Å². The largest absolute Gasteiger partial charge is 0.300 e. The standard InChI is InChI=1S/C23H38OSi/c1-4-5-6-7-14-19-22(24)23(20-15-10-8-11-16-20)25(2,3)21-17-12-9-13-18-21/h9,12-13,17-18,20,23H,4-8,10-11,14-16,19H2,1-3H3. The summed E-state index contributed by atoms with van der Waals surface area (Å²) in [6.45, 7) is 7.13. The Bertz CT molecular complexity index is 502. The second kappa shape index (κ2) is 10.3. The molecule has 1 aromatic rings. The van der Waals surface area contributed by atoms with Gasteiger partial charge in [-0.1, -0.05) is 113 Å². The summed E-state index contributed by atoms with van der Waals surface area (Å²) in [7, 11) is -1.78. The molecule has 140 valence electrons. The molecule has 0 aromatic heterocycles. The van der Waals surface area contributed by atoms with Gasteiger partial charge < -0.3 is 0 Å². The van der Waals surface area contributed by atoms with E-state index in [1.165, 1.54) is 63.0 Å². The molecule has 0 bridgehead atoms. The first-order valence-corrected chi connectivity index (χ1v) is 13.7. The highest BCUT2D eigenvalue weighted by atomic mass is 28.3. The second-order valence-electron chi connectivity index (χ2n) is 8.59. The second-order valence-corrected chi connectivity index (χ2v) is 13.2. The Morgan fingerprint density at radius 2 is 1.64 bits per heavy atom. The predicted molar refractivity (Wildman–Crippen MR) is 112 cm³/mol. The van der Waals surface area contributed by atoms with Crippen LogP contribution in [0.2, 0.25) is 18.6 Å². The Hall–Kier alpha value is -0.893. The van der Waals surface area contributed by atoms with Crippen LogP contribution in [-0.4, -0.2) is 13.9 Å². The van der Waals surface area contributed by atoms with Crippen LogP contribution in [0.3, 0.4) is 0 Å². The Morgan fingerprint density at radius 3 is 2.28 bits per heavy atom.